The topological polar surface area (TPSA) is 77.7 Å². The van der Waals surface area contributed by atoms with Gasteiger partial charge < -0.3 is 18.9 Å². The molecule has 0 spiro atoms. The normalized spacial score (nSPS) is 17.6. The van der Waals surface area contributed by atoms with Crippen LogP contribution in [0.4, 0.5) is 0 Å². The molecule has 0 aliphatic carbocycles. The Kier molecular flexibility index (Phi) is 4.98. The van der Waals surface area contributed by atoms with Crippen molar-refractivity contribution in [1.82, 2.24) is 15.0 Å². The molecule has 1 aliphatic rings. The molecule has 0 unspecified atom stereocenters. The van der Waals surface area contributed by atoms with E-state index in [1.807, 2.05) is 12.1 Å². The summed E-state index contributed by atoms with van der Waals surface area (Å²) < 4.78 is 16.0. The van der Waals surface area contributed by atoms with Crippen molar-refractivity contribution >= 4 is 5.91 Å². The third-order valence-corrected chi connectivity index (χ3v) is 4.07. The van der Waals surface area contributed by atoms with Crippen LogP contribution in [0.1, 0.15) is 30.5 Å². The van der Waals surface area contributed by atoms with Crippen molar-refractivity contribution in [2.75, 3.05) is 26.8 Å². The Hall–Kier alpha value is -2.57. The van der Waals surface area contributed by atoms with Crippen LogP contribution >= 0.6 is 0 Å². The van der Waals surface area contributed by atoms with Gasteiger partial charge in [-0.3, -0.25) is 4.79 Å². The molecular formula is C17H21N3O4. The smallest absolute Gasteiger partial charge is 0.260 e. The minimum atomic E-state index is -0.0428. The van der Waals surface area contributed by atoms with E-state index in [4.69, 9.17) is 14.0 Å². The molecular weight excluding hydrogens is 310 g/mol. The minimum absolute atomic E-state index is 0.00273. The summed E-state index contributed by atoms with van der Waals surface area (Å²) in [6.07, 6.45) is 1.86. The fourth-order valence-electron chi connectivity index (χ4n) is 2.81. The Labute approximate surface area is 140 Å². The van der Waals surface area contributed by atoms with Gasteiger partial charge in [-0.15, -0.1) is 0 Å². The van der Waals surface area contributed by atoms with E-state index in [-0.39, 0.29) is 18.4 Å². The van der Waals surface area contributed by atoms with Gasteiger partial charge in [-0.05, 0) is 31.9 Å². The summed E-state index contributed by atoms with van der Waals surface area (Å²) in [6, 6.07) is 7.22. The van der Waals surface area contributed by atoms with E-state index in [2.05, 4.69) is 10.1 Å². The summed E-state index contributed by atoms with van der Waals surface area (Å²) in [5.41, 5.74) is 0. The third-order valence-electron chi connectivity index (χ3n) is 4.07. The van der Waals surface area contributed by atoms with Gasteiger partial charge in [0.25, 0.3) is 5.91 Å². The molecule has 24 heavy (non-hydrogen) atoms. The molecule has 2 heterocycles. The molecule has 1 fully saturated rings. The maximum atomic E-state index is 12.4. The van der Waals surface area contributed by atoms with Crippen molar-refractivity contribution in [3.63, 3.8) is 0 Å². The third kappa shape index (κ3) is 3.84. The lowest BCUT2D eigenvalue weighted by Gasteiger charge is -2.30. The van der Waals surface area contributed by atoms with Gasteiger partial charge in [-0.2, -0.15) is 4.98 Å². The molecule has 1 aromatic carbocycles. The largest absolute Gasteiger partial charge is 0.497 e. The van der Waals surface area contributed by atoms with Crippen LogP contribution in [0.5, 0.6) is 11.5 Å². The monoisotopic (exact) mass is 331 g/mol. The molecule has 7 nitrogen and oxygen atoms in total. The molecule has 0 saturated carbocycles. The molecule has 1 saturated heterocycles. The van der Waals surface area contributed by atoms with E-state index >= 15 is 0 Å². The number of amides is 1. The summed E-state index contributed by atoms with van der Waals surface area (Å²) >= 11 is 0. The number of nitrogens with zero attached hydrogens (tertiary/aromatic N) is 3. The lowest BCUT2D eigenvalue weighted by atomic mass is 9.98. The predicted molar refractivity (Wildman–Crippen MR) is 86.1 cm³/mol. The van der Waals surface area contributed by atoms with Gasteiger partial charge in [-0.25, -0.2) is 0 Å². The van der Waals surface area contributed by atoms with Gasteiger partial charge >= 0.3 is 0 Å². The number of hydrogen-bond acceptors (Lipinski definition) is 6. The Morgan fingerprint density at radius 2 is 2.25 bits per heavy atom. The van der Waals surface area contributed by atoms with Crippen molar-refractivity contribution in [1.29, 1.82) is 0 Å². The zero-order chi connectivity index (χ0) is 16.9. The number of aromatic nitrogens is 2. The van der Waals surface area contributed by atoms with E-state index in [1.165, 1.54) is 0 Å². The van der Waals surface area contributed by atoms with Crippen molar-refractivity contribution in [3.05, 3.63) is 36.0 Å². The minimum Gasteiger partial charge on any atom is -0.497 e. The molecule has 1 aromatic heterocycles. The summed E-state index contributed by atoms with van der Waals surface area (Å²) in [5, 5.41) is 3.83. The van der Waals surface area contributed by atoms with Crippen molar-refractivity contribution in [2.45, 2.75) is 25.7 Å². The molecule has 0 N–H and O–H groups in total. The highest BCUT2D eigenvalue weighted by atomic mass is 16.5. The predicted octanol–water partition coefficient (Wildman–Crippen LogP) is 2.17. The number of ether oxygens (including phenoxy) is 2. The fraction of sp³-hybridized carbons (Fsp3) is 0.471. The molecule has 2 aromatic rings. The van der Waals surface area contributed by atoms with Gasteiger partial charge in [0.2, 0.25) is 5.89 Å². The highest BCUT2D eigenvalue weighted by Gasteiger charge is 2.28. The molecule has 0 radical (unpaired) electrons. The number of carbonyl (C=O) groups is 1. The molecule has 7 heteroatoms. The average molecular weight is 331 g/mol. The summed E-state index contributed by atoms with van der Waals surface area (Å²) in [4.78, 5) is 18.5. The second kappa shape index (κ2) is 7.33. The summed E-state index contributed by atoms with van der Waals surface area (Å²) in [7, 11) is 1.59. The molecule has 3 rings (SSSR count). The number of hydrogen-bond donors (Lipinski definition) is 0. The van der Waals surface area contributed by atoms with Crippen molar-refractivity contribution in [3.8, 4) is 11.5 Å². The van der Waals surface area contributed by atoms with Crippen LogP contribution in [0.2, 0.25) is 0 Å². The van der Waals surface area contributed by atoms with E-state index < -0.39 is 0 Å². The maximum absolute atomic E-state index is 12.4. The SMILES string of the molecule is COc1cccc(OCC(=O)N2CCC[C@@H](c3nc(C)no3)C2)c1. The van der Waals surface area contributed by atoms with Gasteiger partial charge in [0.1, 0.15) is 11.5 Å². The number of likely N-dealkylation sites (tertiary alicyclic amines) is 1. The number of carbonyl (C=O) groups excluding carboxylic acids is 1. The first-order valence-electron chi connectivity index (χ1n) is 8.00. The molecule has 128 valence electrons. The van der Waals surface area contributed by atoms with Crippen LogP contribution in [0, 0.1) is 6.92 Å². The lowest BCUT2D eigenvalue weighted by molar-refractivity contribution is -0.134. The van der Waals surface area contributed by atoms with E-state index in [1.54, 1.807) is 31.1 Å². The van der Waals surface area contributed by atoms with Crippen LogP contribution < -0.4 is 9.47 Å². The van der Waals surface area contributed by atoms with E-state index in [9.17, 15) is 4.79 Å². The Balaban J connectivity index is 1.56. The van der Waals surface area contributed by atoms with Crippen molar-refractivity contribution in [2.24, 2.45) is 0 Å². The number of rotatable bonds is 5. The Morgan fingerprint density at radius 3 is 3.00 bits per heavy atom. The van der Waals surface area contributed by atoms with E-state index in [0.717, 1.165) is 19.4 Å². The number of aryl methyl sites for hydroxylation is 1. The van der Waals surface area contributed by atoms with Gasteiger partial charge in [0.05, 0.1) is 13.0 Å². The summed E-state index contributed by atoms with van der Waals surface area (Å²) in [5.74, 6) is 2.60. The second-order valence-electron chi connectivity index (χ2n) is 5.83. The molecule has 0 bridgehead atoms. The Morgan fingerprint density at radius 1 is 1.42 bits per heavy atom. The summed E-state index contributed by atoms with van der Waals surface area (Å²) in [6.45, 7) is 3.11. The Bertz CT molecular complexity index is 701. The fourth-order valence-corrected chi connectivity index (χ4v) is 2.81. The second-order valence-corrected chi connectivity index (χ2v) is 5.83. The first kappa shape index (κ1) is 16.3. The average Bonchev–Trinajstić information content (AvgIpc) is 3.06. The zero-order valence-electron chi connectivity index (χ0n) is 13.9. The number of methoxy groups -OCH3 is 1. The van der Waals surface area contributed by atoms with E-state index in [0.29, 0.717) is 29.8 Å². The lowest BCUT2D eigenvalue weighted by Crippen LogP contribution is -2.41. The maximum Gasteiger partial charge on any atom is 0.260 e. The first-order valence-corrected chi connectivity index (χ1v) is 8.00. The van der Waals surface area contributed by atoms with Crippen molar-refractivity contribution < 1.29 is 18.8 Å². The number of benzene rings is 1. The van der Waals surface area contributed by atoms with Crippen LogP contribution in [-0.2, 0) is 4.79 Å². The highest BCUT2D eigenvalue weighted by molar-refractivity contribution is 5.78. The quantitative estimate of drug-likeness (QED) is 0.835. The van der Waals surface area contributed by atoms with Gasteiger partial charge in [0.15, 0.2) is 12.4 Å². The van der Waals surface area contributed by atoms with Gasteiger partial charge in [-0.1, -0.05) is 11.2 Å². The van der Waals surface area contributed by atoms with Crippen LogP contribution in [0.3, 0.4) is 0 Å². The van der Waals surface area contributed by atoms with Crippen LogP contribution in [0.25, 0.3) is 0 Å². The zero-order valence-corrected chi connectivity index (χ0v) is 13.9. The van der Waals surface area contributed by atoms with Gasteiger partial charge in [0, 0.05) is 19.2 Å². The molecule has 1 amide bonds. The van der Waals surface area contributed by atoms with Crippen LogP contribution in [-0.4, -0.2) is 47.8 Å². The van der Waals surface area contributed by atoms with Crippen LogP contribution in [0.15, 0.2) is 28.8 Å². The molecule has 1 atom stereocenters. The standard InChI is InChI=1S/C17H21N3O4/c1-12-18-17(24-19-12)13-5-4-8-20(10-13)16(21)11-23-15-7-3-6-14(9-15)22-2/h3,6-7,9,13H,4-5,8,10-11H2,1-2H3/t13-/m1/s1. The number of piperidine rings is 1. The highest BCUT2D eigenvalue weighted by Crippen LogP contribution is 2.26. The first-order chi connectivity index (χ1) is 11.7. The molecule has 1 aliphatic heterocycles.